The number of aliphatic imine (C=N–C) groups is 1. The van der Waals surface area contributed by atoms with Gasteiger partial charge in [-0.15, -0.1) is 24.0 Å². The number of nitrogens with zero attached hydrogens (tertiary/aromatic N) is 3. The van der Waals surface area contributed by atoms with Crippen molar-refractivity contribution in [1.29, 1.82) is 0 Å². The summed E-state index contributed by atoms with van der Waals surface area (Å²) in [6.45, 7) is 7.19. The minimum atomic E-state index is -4.40. The topological polar surface area (TPSA) is 60.0 Å². The first kappa shape index (κ1) is 25.0. The molecule has 152 valence electrons. The van der Waals surface area contributed by atoms with E-state index in [0.717, 1.165) is 45.1 Å². The molecule has 1 saturated heterocycles. The van der Waals surface area contributed by atoms with Gasteiger partial charge in [-0.2, -0.15) is 13.2 Å². The third kappa shape index (κ3) is 10.2. The SMILES string of the molecule is C=C(C)CN1CCC(NC(=NC)NCC(=O)N(C)CC(F)(F)F)CC1.I. The first-order valence-electron chi connectivity index (χ1n) is 8.25. The molecule has 0 aromatic carbocycles. The van der Waals surface area contributed by atoms with Crippen LogP contribution in [0.2, 0.25) is 0 Å². The van der Waals surface area contributed by atoms with Crippen molar-refractivity contribution >= 4 is 35.8 Å². The quantitative estimate of drug-likeness (QED) is 0.258. The molecular formula is C16H29F3IN5O. The number of hydrogen-bond donors (Lipinski definition) is 2. The van der Waals surface area contributed by atoms with Gasteiger partial charge >= 0.3 is 6.18 Å². The van der Waals surface area contributed by atoms with Crippen LogP contribution < -0.4 is 10.6 Å². The molecule has 1 aliphatic heterocycles. The Kier molecular flexibility index (Phi) is 11.2. The Morgan fingerprint density at radius 2 is 1.92 bits per heavy atom. The number of likely N-dealkylation sites (tertiary alicyclic amines) is 1. The number of guanidine groups is 1. The molecule has 10 heteroatoms. The molecule has 1 rings (SSSR count). The van der Waals surface area contributed by atoms with E-state index in [0.29, 0.717) is 10.9 Å². The van der Waals surface area contributed by atoms with Crippen LogP contribution in [0.25, 0.3) is 0 Å². The Hall–Kier alpha value is -1.04. The fourth-order valence-corrected chi connectivity index (χ4v) is 2.66. The summed E-state index contributed by atoms with van der Waals surface area (Å²) in [6.07, 6.45) is -2.55. The van der Waals surface area contributed by atoms with Gasteiger partial charge in [0.2, 0.25) is 5.91 Å². The average Bonchev–Trinajstić information content (AvgIpc) is 2.50. The minimum Gasteiger partial charge on any atom is -0.354 e. The van der Waals surface area contributed by atoms with Crippen molar-refractivity contribution in [3.63, 3.8) is 0 Å². The Morgan fingerprint density at radius 1 is 1.35 bits per heavy atom. The number of rotatable bonds is 6. The first-order valence-corrected chi connectivity index (χ1v) is 8.25. The summed E-state index contributed by atoms with van der Waals surface area (Å²) >= 11 is 0. The maximum absolute atomic E-state index is 12.3. The summed E-state index contributed by atoms with van der Waals surface area (Å²) in [4.78, 5) is 18.7. The zero-order valence-corrected chi connectivity index (χ0v) is 17.9. The summed E-state index contributed by atoms with van der Waals surface area (Å²) in [7, 11) is 2.69. The standard InChI is InChI=1S/C16H28F3N5O.HI/c1-12(2)10-24-7-5-13(6-8-24)22-15(20-3)21-9-14(25)23(4)11-16(17,18)19;/h13H,1,5-11H2,2-4H3,(H2,20,21,22);1H. The molecule has 1 aliphatic rings. The Balaban J connectivity index is 0.00000625. The lowest BCUT2D eigenvalue weighted by Gasteiger charge is -2.33. The third-order valence-corrected chi connectivity index (χ3v) is 3.89. The number of likely N-dealkylation sites (N-methyl/N-ethyl adjacent to an activating group) is 1. The summed E-state index contributed by atoms with van der Waals surface area (Å²) in [5.41, 5.74) is 1.13. The van der Waals surface area contributed by atoms with Gasteiger partial charge in [-0.05, 0) is 19.8 Å². The van der Waals surface area contributed by atoms with Crippen molar-refractivity contribution < 1.29 is 18.0 Å². The van der Waals surface area contributed by atoms with E-state index in [1.807, 2.05) is 6.92 Å². The molecule has 0 unspecified atom stereocenters. The molecule has 0 bridgehead atoms. The Labute approximate surface area is 170 Å². The fraction of sp³-hybridized carbons (Fsp3) is 0.750. The highest BCUT2D eigenvalue weighted by Gasteiger charge is 2.31. The molecule has 0 spiro atoms. The third-order valence-electron chi connectivity index (χ3n) is 3.89. The normalized spacial score (nSPS) is 16.6. The van der Waals surface area contributed by atoms with Gasteiger partial charge in [0.1, 0.15) is 6.54 Å². The molecule has 0 saturated carbocycles. The number of amides is 1. The van der Waals surface area contributed by atoms with Gasteiger partial charge < -0.3 is 15.5 Å². The predicted molar refractivity (Wildman–Crippen MR) is 108 cm³/mol. The second-order valence-electron chi connectivity index (χ2n) is 6.44. The average molecular weight is 491 g/mol. The van der Waals surface area contributed by atoms with Crippen molar-refractivity contribution in [1.82, 2.24) is 20.4 Å². The van der Waals surface area contributed by atoms with Crippen LogP contribution in [0, 0.1) is 0 Å². The van der Waals surface area contributed by atoms with Gasteiger partial charge in [-0.3, -0.25) is 14.7 Å². The van der Waals surface area contributed by atoms with Gasteiger partial charge in [0.15, 0.2) is 5.96 Å². The fourth-order valence-electron chi connectivity index (χ4n) is 2.66. The van der Waals surface area contributed by atoms with E-state index in [9.17, 15) is 18.0 Å². The van der Waals surface area contributed by atoms with Crippen molar-refractivity contribution in [2.75, 3.05) is 46.8 Å². The number of alkyl halides is 3. The van der Waals surface area contributed by atoms with Crippen LogP contribution in [0.5, 0.6) is 0 Å². The molecule has 0 aromatic heterocycles. The predicted octanol–water partition coefficient (Wildman–Crippen LogP) is 1.83. The molecule has 26 heavy (non-hydrogen) atoms. The zero-order chi connectivity index (χ0) is 19.0. The van der Waals surface area contributed by atoms with Crippen LogP contribution in [0.1, 0.15) is 19.8 Å². The summed E-state index contributed by atoms with van der Waals surface area (Å²) in [5.74, 6) is -0.219. The zero-order valence-electron chi connectivity index (χ0n) is 15.5. The highest BCUT2D eigenvalue weighted by molar-refractivity contribution is 14.0. The smallest absolute Gasteiger partial charge is 0.354 e. The van der Waals surface area contributed by atoms with Crippen LogP contribution >= 0.6 is 24.0 Å². The van der Waals surface area contributed by atoms with Gasteiger partial charge in [-0.25, -0.2) is 0 Å². The van der Waals surface area contributed by atoms with Crippen molar-refractivity contribution in [2.45, 2.75) is 32.0 Å². The lowest BCUT2D eigenvalue weighted by Crippen LogP contribution is -2.51. The number of hydrogen-bond acceptors (Lipinski definition) is 3. The van der Waals surface area contributed by atoms with Crippen molar-refractivity contribution in [3.8, 4) is 0 Å². The van der Waals surface area contributed by atoms with E-state index in [1.54, 1.807) is 7.05 Å². The first-order chi connectivity index (χ1) is 11.6. The molecule has 2 N–H and O–H groups in total. The highest BCUT2D eigenvalue weighted by atomic mass is 127. The molecule has 6 nitrogen and oxygen atoms in total. The van der Waals surface area contributed by atoms with Gasteiger partial charge in [0, 0.05) is 39.8 Å². The maximum atomic E-state index is 12.3. The summed E-state index contributed by atoms with van der Waals surface area (Å²) in [6, 6.07) is 0.218. The van der Waals surface area contributed by atoms with E-state index >= 15 is 0 Å². The van der Waals surface area contributed by atoms with E-state index < -0.39 is 18.6 Å². The lowest BCUT2D eigenvalue weighted by molar-refractivity contribution is -0.157. The Morgan fingerprint density at radius 3 is 2.38 bits per heavy atom. The minimum absolute atomic E-state index is 0. The molecule has 1 fully saturated rings. The second-order valence-corrected chi connectivity index (χ2v) is 6.44. The van der Waals surface area contributed by atoms with Gasteiger partial charge in [-0.1, -0.05) is 12.2 Å². The van der Waals surface area contributed by atoms with Crippen molar-refractivity contribution in [3.05, 3.63) is 12.2 Å². The van der Waals surface area contributed by atoms with Gasteiger partial charge in [0.25, 0.3) is 0 Å². The van der Waals surface area contributed by atoms with E-state index in [1.165, 1.54) is 0 Å². The number of carbonyl (C=O) groups is 1. The number of piperidine rings is 1. The van der Waals surface area contributed by atoms with E-state index in [2.05, 4.69) is 27.1 Å². The maximum Gasteiger partial charge on any atom is 0.406 e. The van der Waals surface area contributed by atoms with Crippen LogP contribution in [-0.4, -0.2) is 80.7 Å². The van der Waals surface area contributed by atoms with E-state index in [4.69, 9.17) is 0 Å². The second kappa shape index (κ2) is 11.6. The van der Waals surface area contributed by atoms with Crippen LogP contribution in [0.4, 0.5) is 13.2 Å². The number of halogens is 4. The highest BCUT2D eigenvalue weighted by Crippen LogP contribution is 2.15. The molecule has 0 radical (unpaired) electrons. The van der Waals surface area contributed by atoms with E-state index in [-0.39, 0.29) is 36.6 Å². The van der Waals surface area contributed by atoms with Crippen LogP contribution in [-0.2, 0) is 4.79 Å². The molecule has 1 amide bonds. The molecule has 1 heterocycles. The molecule has 0 aromatic rings. The monoisotopic (exact) mass is 491 g/mol. The molecule has 0 aliphatic carbocycles. The van der Waals surface area contributed by atoms with Gasteiger partial charge in [0.05, 0.1) is 6.54 Å². The Bertz CT molecular complexity index is 491. The van der Waals surface area contributed by atoms with Crippen LogP contribution in [0.15, 0.2) is 17.1 Å². The summed E-state index contributed by atoms with van der Waals surface area (Å²) < 4.78 is 36.9. The summed E-state index contributed by atoms with van der Waals surface area (Å²) in [5, 5.41) is 6.00. The van der Waals surface area contributed by atoms with Crippen molar-refractivity contribution in [2.24, 2.45) is 4.99 Å². The molecular weight excluding hydrogens is 462 g/mol. The van der Waals surface area contributed by atoms with Crippen LogP contribution in [0.3, 0.4) is 0 Å². The lowest BCUT2D eigenvalue weighted by atomic mass is 10.0. The number of carbonyl (C=O) groups excluding carboxylic acids is 1. The molecule has 0 atom stereocenters. The number of nitrogens with one attached hydrogen (secondary N) is 2. The largest absolute Gasteiger partial charge is 0.406 e.